The number of carbonyl (C=O) groups is 1. The topological polar surface area (TPSA) is 76.8 Å². The first kappa shape index (κ1) is 19.0. The fourth-order valence-corrected chi connectivity index (χ4v) is 3.00. The van der Waals surface area contributed by atoms with Crippen LogP contribution in [0.5, 0.6) is 5.75 Å². The van der Waals surface area contributed by atoms with Crippen molar-refractivity contribution in [2.24, 2.45) is 0 Å². The quantitative estimate of drug-likeness (QED) is 0.644. The van der Waals surface area contributed by atoms with E-state index in [2.05, 4.69) is 4.98 Å². The van der Waals surface area contributed by atoms with Gasteiger partial charge in [0.05, 0.1) is 29.4 Å². The zero-order chi connectivity index (χ0) is 20.1. The molecule has 0 bridgehead atoms. The van der Waals surface area contributed by atoms with E-state index < -0.39 is 17.5 Å². The van der Waals surface area contributed by atoms with Crippen LogP contribution in [0, 0.1) is 5.82 Å². The van der Waals surface area contributed by atoms with Gasteiger partial charge in [-0.1, -0.05) is 11.6 Å². The Morgan fingerprint density at radius 1 is 1.37 bits per heavy atom. The molecule has 1 aromatic carbocycles. The number of hydrogen-bond donors (Lipinski definition) is 1. The standard InChI is InChI=1S/C18H19ClFN3O4/c1-18(2,3)27-17(24)22(4)12-7-11(20)15(26-5)13-10-6-9(19)8-23(25)16(10)21-14(12)13/h6-8,25H,1-5H3. The van der Waals surface area contributed by atoms with E-state index in [1.54, 1.807) is 20.8 Å². The maximum absolute atomic E-state index is 14.7. The minimum absolute atomic E-state index is 0.0592. The van der Waals surface area contributed by atoms with Crippen LogP contribution in [0.15, 0.2) is 18.3 Å². The van der Waals surface area contributed by atoms with Gasteiger partial charge in [0.1, 0.15) is 11.1 Å². The summed E-state index contributed by atoms with van der Waals surface area (Å²) in [6, 6.07) is 2.68. The van der Waals surface area contributed by atoms with E-state index >= 15 is 0 Å². The minimum atomic E-state index is -0.721. The van der Waals surface area contributed by atoms with E-state index in [1.807, 2.05) is 0 Å². The second-order valence-corrected chi connectivity index (χ2v) is 7.46. The Bertz CT molecular complexity index is 1010. The third-order valence-electron chi connectivity index (χ3n) is 3.89. The smallest absolute Gasteiger partial charge is 0.414 e. The summed E-state index contributed by atoms with van der Waals surface area (Å²) in [5, 5.41) is 10.6. The van der Waals surface area contributed by atoms with Crippen LogP contribution in [0.4, 0.5) is 14.9 Å². The lowest BCUT2D eigenvalue weighted by Crippen LogP contribution is -2.34. The second kappa shape index (κ2) is 6.45. The molecular weight excluding hydrogens is 377 g/mol. The Morgan fingerprint density at radius 2 is 2.04 bits per heavy atom. The molecule has 0 saturated heterocycles. The average molecular weight is 396 g/mol. The molecule has 0 spiro atoms. The molecule has 1 aromatic rings. The van der Waals surface area contributed by atoms with Gasteiger partial charge in [0.15, 0.2) is 17.4 Å². The van der Waals surface area contributed by atoms with Crippen LogP contribution in [0.1, 0.15) is 20.8 Å². The van der Waals surface area contributed by atoms with Gasteiger partial charge in [-0.2, -0.15) is 4.73 Å². The molecule has 7 nitrogen and oxygen atoms in total. The number of carbonyl (C=O) groups excluding carboxylic acids is 1. The van der Waals surface area contributed by atoms with Crippen molar-refractivity contribution in [3.8, 4) is 17.1 Å². The molecular formula is C18H19ClFN3O4. The number of halogens is 2. The van der Waals surface area contributed by atoms with Crippen LogP contribution in [0.25, 0.3) is 22.3 Å². The number of benzene rings is 1. The first-order valence-electron chi connectivity index (χ1n) is 8.07. The number of fused-ring (bicyclic) bond motifs is 3. The van der Waals surface area contributed by atoms with Gasteiger partial charge in [0, 0.05) is 18.7 Å². The monoisotopic (exact) mass is 395 g/mol. The van der Waals surface area contributed by atoms with Gasteiger partial charge in [-0.05, 0) is 26.8 Å². The van der Waals surface area contributed by atoms with Crippen molar-refractivity contribution in [1.82, 2.24) is 9.71 Å². The summed E-state index contributed by atoms with van der Waals surface area (Å²) in [6.45, 7) is 5.19. The number of anilines is 1. The van der Waals surface area contributed by atoms with Crippen molar-refractivity contribution in [1.29, 1.82) is 0 Å². The molecule has 27 heavy (non-hydrogen) atoms. The van der Waals surface area contributed by atoms with Gasteiger partial charge in [-0.15, -0.1) is 0 Å². The molecule has 1 N–H and O–H groups in total. The van der Waals surface area contributed by atoms with Crippen molar-refractivity contribution in [3.63, 3.8) is 0 Å². The Balaban J connectivity index is 2.30. The van der Waals surface area contributed by atoms with Crippen molar-refractivity contribution < 1.29 is 23.9 Å². The number of hydrogen-bond acceptors (Lipinski definition) is 5. The van der Waals surface area contributed by atoms with Gasteiger partial charge < -0.3 is 14.7 Å². The Kier molecular flexibility index (Phi) is 4.55. The van der Waals surface area contributed by atoms with Crippen LogP contribution in [0.2, 0.25) is 5.02 Å². The summed E-state index contributed by atoms with van der Waals surface area (Å²) < 4.78 is 26.0. The van der Waals surface area contributed by atoms with Gasteiger partial charge in [0.25, 0.3) is 0 Å². The van der Waals surface area contributed by atoms with Crippen molar-refractivity contribution >= 4 is 34.3 Å². The molecule has 0 aliphatic carbocycles. The number of ether oxygens (including phenoxy) is 2. The fourth-order valence-electron chi connectivity index (χ4n) is 2.80. The lowest BCUT2D eigenvalue weighted by atomic mass is 10.1. The molecule has 0 atom stereocenters. The first-order valence-corrected chi connectivity index (χ1v) is 8.45. The van der Waals surface area contributed by atoms with Crippen LogP contribution in [-0.2, 0) is 4.74 Å². The van der Waals surface area contributed by atoms with E-state index in [-0.39, 0.29) is 27.8 Å². The average Bonchev–Trinajstić information content (AvgIpc) is 2.91. The molecule has 0 unspecified atom stereocenters. The highest BCUT2D eigenvalue weighted by Gasteiger charge is 2.29. The fraction of sp³-hybridized carbons (Fsp3) is 0.333. The molecule has 0 fully saturated rings. The number of amides is 1. The van der Waals surface area contributed by atoms with Crippen molar-refractivity contribution in [2.75, 3.05) is 19.1 Å². The highest BCUT2D eigenvalue weighted by atomic mass is 35.5. The molecule has 144 valence electrons. The Labute approximate surface area is 160 Å². The van der Waals surface area contributed by atoms with Gasteiger partial charge in [-0.3, -0.25) is 4.90 Å². The lowest BCUT2D eigenvalue weighted by molar-refractivity contribution is 0.0589. The molecule has 2 aliphatic heterocycles. The van der Waals surface area contributed by atoms with E-state index in [1.165, 1.54) is 26.4 Å². The normalized spacial score (nSPS) is 11.8. The van der Waals surface area contributed by atoms with E-state index in [9.17, 15) is 14.4 Å². The third-order valence-corrected chi connectivity index (χ3v) is 4.10. The molecule has 9 heteroatoms. The number of nitrogens with zero attached hydrogens (tertiary/aromatic N) is 3. The maximum atomic E-state index is 14.7. The molecule has 0 radical (unpaired) electrons. The lowest BCUT2D eigenvalue weighted by Gasteiger charge is -2.25. The van der Waals surface area contributed by atoms with Crippen LogP contribution in [-0.4, -0.2) is 40.8 Å². The highest BCUT2D eigenvalue weighted by molar-refractivity contribution is 6.31. The van der Waals surface area contributed by atoms with Gasteiger partial charge >= 0.3 is 6.09 Å². The minimum Gasteiger partial charge on any atom is -0.493 e. The summed E-state index contributed by atoms with van der Waals surface area (Å²) in [7, 11) is 2.78. The van der Waals surface area contributed by atoms with E-state index in [0.717, 1.165) is 15.7 Å². The number of pyridine rings is 1. The summed E-state index contributed by atoms with van der Waals surface area (Å²) in [5.41, 5.74) is 0.100. The molecule has 2 aliphatic rings. The summed E-state index contributed by atoms with van der Waals surface area (Å²) in [6.07, 6.45) is 0.589. The van der Waals surface area contributed by atoms with E-state index in [0.29, 0.717) is 10.9 Å². The zero-order valence-corrected chi connectivity index (χ0v) is 16.3. The van der Waals surface area contributed by atoms with Crippen LogP contribution in [0.3, 0.4) is 0 Å². The number of methoxy groups -OCH3 is 1. The summed E-state index contributed by atoms with van der Waals surface area (Å²) >= 11 is 6.01. The molecule has 2 heterocycles. The van der Waals surface area contributed by atoms with Crippen molar-refractivity contribution in [2.45, 2.75) is 26.4 Å². The summed E-state index contributed by atoms with van der Waals surface area (Å²) in [5.74, 6) is -0.595. The first-order chi connectivity index (χ1) is 12.5. The maximum Gasteiger partial charge on any atom is 0.414 e. The van der Waals surface area contributed by atoms with Gasteiger partial charge in [0.2, 0.25) is 0 Å². The SMILES string of the molecule is COc1c(F)cc(N(C)C(=O)OC(C)(C)C)c2nc3n(O)cc(Cl)cc-3c12. The number of rotatable bonds is 2. The molecule has 0 aromatic heterocycles. The predicted molar refractivity (Wildman–Crippen MR) is 99.7 cm³/mol. The van der Waals surface area contributed by atoms with E-state index in [4.69, 9.17) is 21.1 Å². The highest BCUT2D eigenvalue weighted by Crippen LogP contribution is 2.43. The Morgan fingerprint density at radius 3 is 2.63 bits per heavy atom. The zero-order valence-electron chi connectivity index (χ0n) is 15.5. The predicted octanol–water partition coefficient (Wildman–Crippen LogP) is 4.55. The second-order valence-electron chi connectivity index (χ2n) is 7.03. The number of aromatic nitrogens is 2. The molecule has 3 rings (SSSR count). The van der Waals surface area contributed by atoms with Crippen LogP contribution >= 0.6 is 11.6 Å². The Hall–Kier alpha value is -2.74. The summed E-state index contributed by atoms with van der Waals surface area (Å²) in [4.78, 5) is 18.0. The van der Waals surface area contributed by atoms with Crippen molar-refractivity contribution in [3.05, 3.63) is 29.2 Å². The molecule has 0 saturated carbocycles. The van der Waals surface area contributed by atoms with Crippen LogP contribution < -0.4 is 9.64 Å². The third kappa shape index (κ3) is 3.32. The largest absolute Gasteiger partial charge is 0.493 e. The van der Waals surface area contributed by atoms with Gasteiger partial charge in [-0.25, -0.2) is 14.2 Å². The molecule has 1 amide bonds.